The molecule has 1 unspecified atom stereocenters. The normalized spacial score (nSPS) is 18.5. The molecule has 0 saturated carbocycles. The number of para-hydroxylation sites is 1. The van der Waals surface area contributed by atoms with Crippen LogP contribution in [-0.2, 0) is 6.54 Å². The summed E-state index contributed by atoms with van der Waals surface area (Å²) < 4.78 is 10.9. The fourth-order valence-corrected chi connectivity index (χ4v) is 2.19. The van der Waals surface area contributed by atoms with E-state index in [0.717, 1.165) is 31.1 Å². The molecule has 1 N–H and O–H groups in total. The summed E-state index contributed by atoms with van der Waals surface area (Å²) in [5, 5.41) is 3.51. The largest absolute Gasteiger partial charge is 0.493 e. The average Bonchev–Trinajstić information content (AvgIpc) is 2.89. The van der Waals surface area contributed by atoms with Crippen LogP contribution in [0.25, 0.3) is 0 Å². The van der Waals surface area contributed by atoms with E-state index in [2.05, 4.69) is 17.4 Å². The Bertz CT molecular complexity index is 479. The number of ether oxygens (including phenoxy) is 1. The summed E-state index contributed by atoms with van der Waals surface area (Å²) in [5.74, 6) is 1.96. The van der Waals surface area contributed by atoms with Crippen LogP contribution in [0.2, 0.25) is 0 Å². The van der Waals surface area contributed by atoms with Crippen LogP contribution in [0.4, 0.5) is 0 Å². The fraction of sp³-hybridized carbons (Fsp3) is 0.286. The molecule has 2 heterocycles. The van der Waals surface area contributed by atoms with E-state index < -0.39 is 0 Å². The number of hydrogen-bond acceptors (Lipinski definition) is 3. The fourth-order valence-electron chi connectivity index (χ4n) is 2.19. The monoisotopic (exact) mass is 229 g/mol. The molecule has 0 bridgehead atoms. The maximum atomic E-state index is 5.63. The second-order valence-electron chi connectivity index (χ2n) is 4.19. The van der Waals surface area contributed by atoms with Gasteiger partial charge in [-0.25, -0.2) is 0 Å². The highest BCUT2D eigenvalue weighted by Gasteiger charge is 2.20. The first-order valence-electron chi connectivity index (χ1n) is 5.91. The van der Waals surface area contributed by atoms with Crippen molar-refractivity contribution < 1.29 is 9.15 Å². The van der Waals surface area contributed by atoms with E-state index in [0.29, 0.717) is 6.04 Å². The van der Waals surface area contributed by atoms with Gasteiger partial charge in [0.05, 0.1) is 19.4 Å². The first-order chi connectivity index (χ1) is 8.43. The molecule has 88 valence electrons. The smallest absolute Gasteiger partial charge is 0.124 e. The molecule has 1 atom stereocenters. The third kappa shape index (κ3) is 2.19. The lowest BCUT2D eigenvalue weighted by molar-refractivity contribution is 0.250. The molecule has 3 rings (SSSR count). The van der Waals surface area contributed by atoms with Crippen molar-refractivity contribution in [2.75, 3.05) is 6.61 Å². The van der Waals surface area contributed by atoms with Gasteiger partial charge in [-0.2, -0.15) is 0 Å². The van der Waals surface area contributed by atoms with Gasteiger partial charge in [-0.05, 0) is 18.2 Å². The van der Waals surface area contributed by atoms with Gasteiger partial charge in [0.2, 0.25) is 0 Å². The molecule has 2 aromatic rings. The number of hydrogen-bond donors (Lipinski definition) is 1. The zero-order valence-electron chi connectivity index (χ0n) is 9.56. The van der Waals surface area contributed by atoms with E-state index in [1.165, 1.54) is 5.56 Å². The Kier molecular flexibility index (Phi) is 2.84. The molecule has 0 radical (unpaired) electrons. The quantitative estimate of drug-likeness (QED) is 0.878. The van der Waals surface area contributed by atoms with Crippen LogP contribution in [-0.4, -0.2) is 6.61 Å². The van der Waals surface area contributed by atoms with E-state index in [1.54, 1.807) is 6.26 Å². The van der Waals surface area contributed by atoms with Crippen molar-refractivity contribution in [3.8, 4) is 5.75 Å². The number of benzene rings is 1. The SMILES string of the molecule is c1coc(CNC2CCOc3ccccc32)c1. The van der Waals surface area contributed by atoms with Crippen molar-refractivity contribution in [1.82, 2.24) is 5.32 Å². The van der Waals surface area contributed by atoms with Gasteiger partial charge in [-0.1, -0.05) is 18.2 Å². The minimum Gasteiger partial charge on any atom is -0.493 e. The van der Waals surface area contributed by atoms with Gasteiger partial charge >= 0.3 is 0 Å². The van der Waals surface area contributed by atoms with Gasteiger partial charge in [-0.15, -0.1) is 0 Å². The second kappa shape index (κ2) is 4.63. The molecule has 1 aromatic carbocycles. The Morgan fingerprint density at radius 1 is 1.18 bits per heavy atom. The lowest BCUT2D eigenvalue weighted by atomic mass is 10.0. The molecular formula is C14H15NO2. The minimum absolute atomic E-state index is 0.352. The first-order valence-corrected chi connectivity index (χ1v) is 5.91. The number of rotatable bonds is 3. The molecule has 1 aliphatic heterocycles. The Balaban J connectivity index is 1.72. The van der Waals surface area contributed by atoms with Crippen molar-refractivity contribution in [2.45, 2.75) is 19.0 Å². The Morgan fingerprint density at radius 3 is 3.00 bits per heavy atom. The third-order valence-corrected chi connectivity index (χ3v) is 3.06. The number of fused-ring (bicyclic) bond motifs is 1. The Morgan fingerprint density at radius 2 is 2.12 bits per heavy atom. The summed E-state index contributed by atoms with van der Waals surface area (Å²) in [6.45, 7) is 1.53. The van der Waals surface area contributed by atoms with Crippen LogP contribution in [0.5, 0.6) is 5.75 Å². The highest BCUT2D eigenvalue weighted by Crippen LogP contribution is 2.31. The molecule has 3 heteroatoms. The Labute approximate surface area is 100 Å². The van der Waals surface area contributed by atoms with Gasteiger partial charge in [0.15, 0.2) is 0 Å². The lowest BCUT2D eigenvalue weighted by Crippen LogP contribution is -2.26. The van der Waals surface area contributed by atoms with E-state index in [9.17, 15) is 0 Å². The third-order valence-electron chi connectivity index (χ3n) is 3.06. The first kappa shape index (κ1) is 10.4. The van der Waals surface area contributed by atoms with Crippen LogP contribution in [0.3, 0.4) is 0 Å². The van der Waals surface area contributed by atoms with Crippen LogP contribution >= 0.6 is 0 Å². The highest BCUT2D eigenvalue weighted by molar-refractivity contribution is 5.37. The second-order valence-corrected chi connectivity index (χ2v) is 4.19. The molecule has 0 amide bonds. The van der Waals surface area contributed by atoms with Crippen LogP contribution in [0.15, 0.2) is 47.1 Å². The van der Waals surface area contributed by atoms with Crippen LogP contribution < -0.4 is 10.1 Å². The minimum atomic E-state index is 0.352. The van der Waals surface area contributed by atoms with Crippen molar-refractivity contribution >= 4 is 0 Å². The average molecular weight is 229 g/mol. The molecule has 17 heavy (non-hydrogen) atoms. The summed E-state index contributed by atoms with van der Waals surface area (Å²) in [6, 6.07) is 12.4. The van der Waals surface area contributed by atoms with Crippen LogP contribution in [0, 0.1) is 0 Å². The predicted molar refractivity (Wildman–Crippen MR) is 64.8 cm³/mol. The molecule has 1 aliphatic rings. The summed E-state index contributed by atoms with van der Waals surface area (Å²) in [5.41, 5.74) is 1.24. The van der Waals surface area contributed by atoms with Gasteiger partial charge in [0.1, 0.15) is 11.5 Å². The standard InChI is InChI=1S/C14H15NO2/c1-2-6-14-12(5-1)13(7-9-17-14)15-10-11-4-3-8-16-11/h1-6,8,13,15H,7,9-10H2. The maximum Gasteiger partial charge on any atom is 0.124 e. The van der Waals surface area contributed by atoms with Crippen molar-refractivity contribution in [2.24, 2.45) is 0 Å². The van der Waals surface area contributed by atoms with Gasteiger partial charge in [0.25, 0.3) is 0 Å². The molecule has 3 nitrogen and oxygen atoms in total. The van der Waals surface area contributed by atoms with Gasteiger partial charge in [-0.3, -0.25) is 0 Å². The van der Waals surface area contributed by atoms with Gasteiger partial charge < -0.3 is 14.5 Å². The van der Waals surface area contributed by atoms with E-state index in [1.807, 2.05) is 24.3 Å². The molecule has 0 saturated heterocycles. The Hall–Kier alpha value is -1.74. The molecule has 0 aliphatic carbocycles. The molecule has 0 fully saturated rings. The molecule has 0 spiro atoms. The lowest BCUT2D eigenvalue weighted by Gasteiger charge is -2.26. The van der Waals surface area contributed by atoms with Crippen LogP contribution in [0.1, 0.15) is 23.8 Å². The van der Waals surface area contributed by atoms with Crippen molar-refractivity contribution in [3.63, 3.8) is 0 Å². The summed E-state index contributed by atoms with van der Waals surface area (Å²) in [6.07, 6.45) is 2.70. The summed E-state index contributed by atoms with van der Waals surface area (Å²) >= 11 is 0. The highest BCUT2D eigenvalue weighted by atomic mass is 16.5. The van der Waals surface area contributed by atoms with Crippen molar-refractivity contribution in [1.29, 1.82) is 0 Å². The summed E-state index contributed by atoms with van der Waals surface area (Å²) in [7, 11) is 0. The zero-order chi connectivity index (χ0) is 11.5. The topological polar surface area (TPSA) is 34.4 Å². The predicted octanol–water partition coefficient (Wildman–Crippen LogP) is 2.89. The maximum absolute atomic E-state index is 5.63. The number of nitrogens with one attached hydrogen (secondary N) is 1. The zero-order valence-corrected chi connectivity index (χ0v) is 9.56. The summed E-state index contributed by atoms with van der Waals surface area (Å²) in [4.78, 5) is 0. The molecular weight excluding hydrogens is 214 g/mol. The molecule has 1 aromatic heterocycles. The van der Waals surface area contributed by atoms with E-state index in [4.69, 9.17) is 9.15 Å². The number of furan rings is 1. The van der Waals surface area contributed by atoms with E-state index >= 15 is 0 Å². The van der Waals surface area contributed by atoms with E-state index in [-0.39, 0.29) is 0 Å². The van der Waals surface area contributed by atoms with Crippen molar-refractivity contribution in [3.05, 3.63) is 54.0 Å². The van der Waals surface area contributed by atoms with Gasteiger partial charge in [0, 0.05) is 18.0 Å².